The summed E-state index contributed by atoms with van der Waals surface area (Å²) in [4.78, 5) is 26.7. The number of nitrogens with one attached hydrogen (secondary N) is 2. The summed E-state index contributed by atoms with van der Waals surface area (Å²) < 4.78 is 0. The molecule has 2 N–H and O–H groups in total. The molecule has 0 saturated heterocycles. The molecule has 0 bridgehead atoms. The van der Waals surface area contributed by atoms with Crippen LogP contribution in [0.4, 0.5) is 5.82 Å². The lowest BCUT2D eigenvalue weighted by Gasteiger charge is -2.15. The van der Waals surface area contributed by atoms with Crippen LogP contribution >= 0.6 is 11.3 Å². The van der Waals surface area contributed by atoms with Crippen LogP contribution in [-0.4, -0.2) is 33.4 Å². The summed E-state index contributed by atoms with van der Waals surface area (Å²) >= 11 is 1.68. The molecule has 0 unspecified atom stereocenters. The van der Waals surface area contributed by atoms with Gasteiger partial charge in [0.1, 0.15) is 18.2 Å². The normalized spacial score (nSPS) is 12.2. The predicted molar refractivity (Wildman–Crippen MR) is 106 cm³/mol. The Kier molecular flexibility index (Phi) is 5.46. The van der Waals surface area contributed by atoms with Gasteiger partial charge in [0.15, 0.2) is 0 Å². The zero-order chi connectivity index (χ0) is 18.7. The first-order valence-electron chi connectivity index (χ1n) is 8.62. The zero-order valence-corrected chi connectivity index (χ0v) is 16.3. The van der Waals surface area contributed by atoms with Crippen molar-refractivity contribution in [2.45, 2.75) is 40.2 Å². The van der Waals surface area contributed by atoms with Gasteiger partial charge in [-0.1, -0.05) is 11.6 Å². The van der Waals surface area contributed by atoms with E-state index in [0.29, 0.717) is 12.4 Å². The molecule has 0 fully saturated rings. The van der Waals surface area contributed by atoms with Crippen LogP contribution in [0.25, 0.3) is 10.9 Å². The number of aromatic nitrogens is 3. The molecular weight excluding hydrogens is 346 g/mol. The van der Waals surface area contributed by atoms with Gasteiger partial charge in [-0.05, 0) is 39.8 Å². The second kappa shape index (κ2) is 7.78. The minimum absolute atomic E-state index is 0.0607. The molecule has 2 aromatic heterocycles. The molecule has 1 atom stereocenters. The SMILES string of the molecule is Cc1ccc2ncnc(N[C@@H](C)C(=O)NCCc3nc(C)c(C)s3)c2c1. The van der Waals surface area contributed by atoms with Crippen LogP contribution in [0.3, 0.4) is 0 Å². The number of anilines is 1. The fourth-order valence-corrected chi connectivity index (χ4v) is 3.58. The van der Waals surface area contributed by atoms with E-state index in [9.17, 15) is 4.79 Å². The third kappa shape index (κ3) is 4.16. The van der Waals surface area contributed by atoms with Crippen molar-refractivity contribution in [1.82, 2.24) is 20.3 Å². The van der Waals surface area contributed by atoms with Gasteiger partial charge in [0.2, 0.25) is 5.91 Å². The minimum Gasteiger partial charge on any atom is -0.358 e. The van der Waals surface area contributed by atoms with Crippen LogP contribution in [0.5, 0.6) is 0 Å². The van der Waals surface area contributed by atoms with E-state index in [2.05, 4.69) is 32.5 Å². The average molecular weight is 369 g/mol. The molecule has 0 saturated carbocycles. The van der Waals surface area contributed by atoms with Gasteiger partial charge in [-0.2, -0.15) is 0 Å². The van der Waals surface area contributed by atoms with E-state index < -0.39 is 6.04 Å². The Hall–Kier alpha value is -2.54. The van der Waals surface area contributed by atoms with Crippen LogP contribution in [0.2, 0.25) is 0 Å². The third-order valence-electron chi connectivity index (χ3n) is 4.25. The number of carbonyl (C=O) groups is 1. The molecule has 0 spiro atoms. The van der Waals surface area contributed by atoms with Crippen molar-refractivity contribution in [3.05, 3.63) is 45.7 Å². The molecule has 136 valence electrons. The molecular formula is C19H23N5OS. The lowest BCUT2D eigenvalue weighted by atomic mass is 10.1. The van der Waals surface area contributed by atoms with Gasteiger partial charge >= 0.3 is 0 Å². The largest absolute Gasteiger partial charge is 0.358 e. The summed E-state index contributed by atoms with van der Waals surface area (Å²) in [6.07, 6.45) is 2.26. The second-order valence-corrected chi connectivity index (χ2v) is 7.69. The van der Waals surface area contributed by atoms with E-state index in [1.54, 1.807) is 11.3 Å². The van der Waals surface area contributed by atoms with Gasteiger partial charge in [0.05, 0.1) is 16.2 Å². The van der Waals surface area contributed by atoms with Gasteiger partial charge in [-0.25, -0.2) is 15.0 Å². The first kappa shape index (κ1) is 18.3. The van der Waals surface area contributed by atoms with Gasteiger partial charge in [0, 0.05) is 23.2 Å². The summed E-state index contributed by atoms with van der Waals surface area (Å²) in [5.41, 5.74) is 3.05. The quantitative estimate of drug-likeness (QED) is 0.698. The molecule has 0 aliphatic heterocycles. The van der Waals surface area contributed by atoms with Crippen molar-refractivity contribution in [3.63, 3.8) is 0 Å². The Morgan fingerprint density at radius 3 is 2.77 bits per heavy atom. The Labute approximate surface area is 157 Å². The maximum absolute atomic E-state index is 12.4. The van der Waals surface area contributed by atoms with Gasteiger partial charge < -0.3 is 10.6 Å². The molecule has 3 aromatic rings. The number of hydrogen-bond acceptors (Lipinski definition) is 6. The average Bonchev–Trinajstić information content (AvgIpc) is 2.93. The predicted octanol–water partition coefficient (Wildman–Crippen LogP) is 3.17. The van der Waals surface area contributed by atoms with Gasteiger partial charge in [0.25, 0.3) is 0 Å². The molecule has 0 aliphatic rings. The summed E-state index contributed by atoms with van der Waals surface area (Å²) in [6.45, 7) is 8.49. The number of fused-ring (bicyclic) bond motifs is 1. The smallest absolute Gasteiger partial charge is 0.242 e. The van der Waals surface area contributed by atoms with Crippen LogP contribution in [0, 0.1) is 20.8 Å². The van der Waals surface area contributed by atoms with E-state index in [-0.39, 0.29) is 5.91 Å². The second-order valence-electron chi connectivity index (χ2n) is 6.40. The maximum Gasteiger partial charge on any atom is 0.242 e. The van der Waals surface area contributed by atoms with Crippen molar-refractivity contribution < 1.29 is 4.79 Å². The molecule has 26 heavy (non-hydrogen) atoms. The molecule has 6 nitrogen and oxygen atoms in total. The fraction of sp³-hybridized carbons (Fsp3) is 0.368. The van der Waals surface area contributed by atoms with E-state index in [1.165, 1.54) is 11.2 Å². The summed E-state index contributed by atoms with van der Waals surface area (Å²) in [6, 6.07) is 5.60. The first-order chi connectivity index (χ1) is 12.4. The Balaban J connectivity index is 1.60. The van der Waals surface area contributed by atoms with Crippen molar-refractivity contribution in [1.29, 1.82) is 0 Å². The Bertz CT molecular complexity index is 917. The lowest BCUT2D eigenvalue weighted by molar-refractivity contribution is -0.121. The highest BCUT2D eigenvalue weighted by molar-refractivity contribution is 7.11. The molecule has 1 amide bonds. The standard InChI is InChI=1S/C19H23N5OS/c1-11-5-6-16-15(9-11)18(22-10-21-16)24-13(3)19(25)20-8-7-17-23-12(2)14(4)26-17/h5-6,9-10,13H,7-8H2,1-4H3,(H,20,25)(H,21,22,24)/t13-/m0/s1. The molecule has 3 rings (SSSR count). The van der Waals surface area contributed by atoms with E-state index in [4.69, 9.17) is 0 Å². The highest BCUT2D eigenvalue weighted by atomic mass is 32.1. The molecule has 1 aromatic carbocycles. The maximum atomic E-state index is 12.4. The molecule has 7 heteroatoms. The van der Waals surface area contributed by atoms with Crippen molar-refractivity contribution in [3.8, 4) is 0 Å². The fourth-order valence-electron chi connectivity index (χ4n) is 2.65. The number of aryl methyl sites for hydroxylation is 3. The third-order valence-corrected chi connectivity index (χ3v) is 5.38. The van der Waals surface area contributed by atoms with Crippen molar-refractivity contribution in [2.75, 3.05) is 11.9 Å². The van der Waals surface area contributed by atoms with E-state index >= 15 is 0 Å². The molecule has 0 aliphatic carbocycles. The number of carbonyl (C=O) groups excluding carboxylic acids is 1. The number of amides is 1. The number of rotatable bonds is 6. The Morgan fingerprint density at radius 1 is 1.23 bits per heavy atom. The minimum atomic E-state index is -0.395. The van der Waals surface area contributed by atoms with Crippen LogP contribution in [0.1, 0.15) is 28.1 Å². The van der Waals surface area contributed by atoms with Gasteiger partial charge in [-0.3, -0.25) is 4.79 Å². The van der Waals surface area contributed by atoms with Gasteiger partial charge in [-0.15, -0.1) is 11.3 Å². The number of benzene rings is 1. The van der Waals surface area contributed by atoms with Crippen LogP contribution < -0.4 is 10.6 Å². The highest BCUT2D eigenvalue weighted by Crippen LogP contribution is 2.21. The Morgan fingerprint density at radius 2 is 2.04 bits per heavy atom. The summed E-state index contributed by atoms with van der Waals surface area (Å²) in [7, 11) is 0. The highest BCUT2D eigenvalue weighted by Gasteiger charge is 2.15. The summed E-state index contributed by atoms with van der Waals surface area (Å²) in [5, 5.41) is 8.13. The van der Waals surface area contributed by atoms with E-state index in [1.807, 2.05) is 39.0 Å². The molecule has 2 heterocycles. The molecule has 0 radical (unpaired) electrons. The lowest BCUT2D eigenvalue weighted by Crippen LogP contribution is -2.38. The zero-order valence-electron chi connectivity index (χ0n) is 15.5. The summed E-state index contributed by atoms with van der Waals surface area (Å²) in [5.74, 6) is 0.613. The topological polar surface area (TPSA) is 79.8 Å². The first-order valence-corrected chi connectivity index (χ1v) is 9.44. The van der Waals surface area contributed by atoms with Crippen molar-refractivity contribution >= 4 is 34.0 Å². The van der Waals surface area contributed by atoms with E-state index in [0.717, 1.165) is 33.6 Å². The number of nitrogens with zero attached hydrogens (tertiary/aromatic N) is 3. The van der Waals surface area contributed by atoms with Crippen molar-refractivity contribution in [2.24, 2.45) is 0 Å². The number of hydrogen-bond donors (Lipinski definition) is 2. The van der Waals surface area contributed by atoms with Crippen LogP contribution in [0.15, 0.2) is 24.5 Å². The monoisotopic (exact) mass is 369 g/mol. The number of thiazole rings is 1. The van der Waals surface area contributed by atoms with Crippen LogP contribution in [-0.2, 0) is 11.2 Å².